The van der Waals surface area contributed by atoms with Crippen molar-refractivity contribution in [3.05, 3.63) is 23.8 Å². The molecule has 0 bridgehead atoms. The highest BCUT2D eigenvalue weighted by molar-refractivity contribution is 5.98. The second kappa shape index (κ2) is 7.06. The summed E-state index contributed by atoms with van der Waals surface area (Å²) in [5, 5.41) is 11.5. The number of nitrogens with one attached hydrogen (secondary N) is 1. The van der Waals surface area contributed by atoms with Crippen molar-refractivity contribution >= 4 is 11.9 Å². The highest BCUT2D eigenvalue weighted by Gasteiger charge is 2.33. The molecule has 0 heterocycles. The number of amides is 1. The summed E-state index contributed by atoms with van der Waals surface area (Å²) in [6.07, 6.45) is 0.178. The summed E-state index contributed by atoms with van der Waals surface area (Å²) < 4.78 is 33.6. The average Bonchev–Trinajstić information content (AvgIpc) is 2.46. The van der Waals surface area contributed by atoms with Crippen LogP contribution in [0.4, 0.5) is 8.78 Å². The van der Waals surface area contributed by atoms with E-state index in [0.717, 1.165) is 6.07 Å². The van der Waals surface area contributed by atoms with Gasteiger partial charge >= 0.3 is 12.6 Å². The van der Waals surface area contributed by atoms with Crippen molar-refractivity contribution in [3.63, 3.8) is 0 Å². The van der Waals surface area contributed by atoms with E-state index in [9.17, 15) is 18.4 Å². The van der Waals surface area contributed by atoms with Crippen molar-refractivity contribution in [1.82, 2.24) is 5.32 Å². The molecule has 22 heavy (non-hydrogen) atoms. The van der Waals surface area contributed by atoms with Crippen LogP contribution in [0.1, 0.15) is 30.6 Å². The van der Waals surface area contributed by atoms with Crippen molar-refractivity contribution in [2.75, 3.05) is 7.11 Å². The Kier molecular flexibility index (Phi) is 5.67. The van der Waals surface area contributed by atoms with Crippen molar-refractivity contribution < 1.29 is 33.0 Å². The number of rotatable bonds is 7. The minimum Gasteiger partial charge on any atom is -0.493 e. The number of carboxylic acid groups (broad SMARTS) is 1. The number of halogens is 2. The Bertz CT molecular complexity index is 564. The normalized spacial score (nSPS) is 13.4. The molecule has 1 unspecified atom stereocenters. The summed E-state index contributed by atoms with van der Waals surface area (Å²) in [6, 6.07) is 3.60. The summed E-state index contributed by atoms with van der Waals surface area (Å²) in [6.45, 7) is -0.0307. The largest absolute Gasteiger partial charge is 0.493 e. The first-order valence-electron chi connectivity index (χ1n) is 6.42. The van der Waals surface area contributed by atoms with Gasteiger partial charge in [0.2, 0.25) is 0 Å². The lowest BCUT2D eigenvalue weighted by Gasteiger charge is -2.24. The van der Waals surface area contributed by atoms with E-state index < -0.39 is 24.0 Å². The molecular formula is C14H17F2NO5. The first-order valence-corrected chi connectivity index (χ1v) is 6.42. The summed E-state index contributed by atoms with van der Waals surface area (Å²) in [7, 11) is 1.24. The Morgan fingerprint density at radius 2 is 2.00 bits per heavy atom. The third-order valence-electron chi connectivity index (χ3n) is 3.21. The first kappa shape index (κ1) is 17.7. The van der Waals surface area contributed by atoms with Crippen molar-refractivity contribution in [2.24, 2.45) is 0 Å². The Morgan fingerprint density at radius 3 is 2.45 bits per heavy atom. The summed E-state index contributed by atoms with van der Waals surface area (Å²) in [5.41, 5.74) is -1.36. The van der Waals surface area contributed by atoms with E-state index >= 15 is 0 Å². The molecule has 0 fully saturated rings. The van der Waals surface area contributed by atoms with Crippen LogP contribution in [-0.4, -0.2) is 36.2 Å². The molecule has 0 spiro atoms. The van der Waals surface area contributed by atoms with Gasteiger partial charge < -0.3 is 19.9 Å². The highest BCUT2D eigenvalue weighted by atomic mass is 19.3. The lowest BCUT2D eigenvalue weighted by molar-refractivity contribution is -0.143. The van der Waals surface area contributed by atoms with E-state index in [1.807, 2.05) is 0 Å². The molecule has 1 aromatic carbocycles. The van der Waals surface area contributed by atoms with Gasteiger partial charge in [0.15, 0.2) is 11.5 Å². The zero-order valence-corrected chi connectivity index (χ0v) is 12.4. The summed E-state index contributed by atoms with van der Waals surface area (Å²) >= 11 is 0. The molecule has 0 aliphatic carbocycles. The van der Waals surface area contributed by atoms with E-state index in [4.69, 9.17) is 9.84 Å². The van der Waals surface area contributed by atoms with E-state index in [1.165, 1.54) is 26.2 Å². The van der Waals surface area contributed by atoms with Crippen LogP contribution in [0.15, 0.2) is 18.2 Å². The number of hydrogen-bond donors (Lipinski definition) is 2. The van der Waals surface area contributed by atoms with Gasteiger partial charge in [0.05, 0.1) is 7.11 Å². The van der Waals surface area contributed by atoms with E-state index in [1.54, 1.807) is 6.92 Å². The van der Waals surface area contributed by atoms with Gasteiger partial charge in [0.1, 0.15) is 5.54 Å². The molecule has 0 aliphatic rings. The number of alkyl halides is 2. The molecule has 1 atom stereocenters. The predicted molar refractivity (Wildman–Crippen MR) is 73.4 cm³/mol. The topological polar surface area (TPSA) is 84.9 Å². The van der Waals surface area contributed by atoms with Crippen LogP contribution in [0.3, 0.4) is 0 Å². The van der Waals surface area contributed by atoms with Gasteiger partial charge in [-0.05, 0) is 31.5 Å². The van der Waals surface area contributed by atoms with E-state index in [-0.39, 0.29) is 23.5 Å². The minimum absolute atomic E-state index is 0.0542. The molecule has 0 aliphatic heterocycles. The third-order valence-corrected chi connectivity index (χ3v) is 3.21. The first-order chi connectivity index (χ1) is 10.2. The van der Waals surface area contributed by atoms with Crippen LogP contribution >= 0.6 is 0 Å². The number of carbonyl (C=O) groups excluding carboxylic acids is 1. The second-order valence-corrected chi connectivity index (χ2v) is 4.69. The number of aliphatic carboxylic acids is 1. The fraction of sp³-hybridized carbons (Fsp3) is 0.429. The van der Waals surface area contributed by atoms with Gasteiger partial charge in [0.25, 0.3) is 5.91 Å². The Labute approximate surface area is 126 Å². The van der Waals surface area contributed by atoms with E-state index in [0.29, 0.717) is 0 Å². The predicted octanol–water partition coefficient (Wildman–Crippen LogP) is 2.28. The molecule has 0 radical (unpaired) electrons. The molecule has 0 aromatic heterocycles. The van der Waals surface area contributed by atoms with Crippen molar-refractivity contribution in [3.8, 4) is 11.5 Å². The second-order valence-electron chi connectivity index (χ2n) is 4.69. The Morgan fingerprint density at radius 1 is 1.36 bits per heavy atom. The number of carboxylic acids is 1. The number of methoxy groups -OCH3 is 1. The molecule has 1 amide bonds. The number of benzene rings is 1. The number of ether oxygens (including phenoxy) is 2. The Balaban J connectivity index is 3.02. The Hall–Kier alpha value is -2.38. The average molecular weight is 317 g/mol. The van der Waals surface area contributed by atoms with Gasteiger partial charge in [-0.1, -0.05) is 6.92 Å². The van der Waals surface area contributed by atoms with Crippen LogP contribution in [0.5, 0.6) is 11.5 Å². The lowest BCUT2D eigenvalue weighted by Crippen LogP contribution is -2.51. The standard InChI is InChI=1S/C14H17F2NO5/c1-4-14(2,12(19)20)17-11(18)8-5-6-9(22-13(15)16)10(7-8)21-3/h5-7,13H,4H2,1-3H3,(H,17,18)(H,19,20). The van der Waals surface area contributed by atoms with Crippen molar-refractivity contribution in [2.45, 2.75) is 32.4 Å². The van der Waals surface area contributed by atoms with Gasteiger partial charge in [-0.2, -0.15) is 8.78 Å². The molecule has 8 heteroatoms. The monoisotopic (exact) mass is 317 g/mol. The van der Waals surface area contributed by atoms with Crippen LogP contribution in [-0.2, 0) is 4.79 Å². The lowest BCUT2D eigenvalue weighted by atomic mass is 9.98. The molecule has 0 saturated heterocycles. The van der Waals surface area contributed by atoms with Gasteiger partial charge in [-0.25, -0.2) is 4.79 Å². The maximum atomic E-state index is 12.2. The van der Waals surface area contributed by atoms with Crippen LogP contribution < -0.4 is 14.8 Å². The van der Waals surface area contributed by atoms with E-state index in [2.05, 4.69) is 10.1 Å². The third kappa shape index (κ3) is 4.06. The van der Waals surface area contributed by atoms with Gasteiger partial charge in [-0.3, -0.25) is 4.79 Å². The minimum atomic E-state index is -3.02. The quantitative estimate of drug-likeness (QED) is 0.806. The van der Waals surface area contributed by atoms with Crippen LogP contribution in [0.2, 0.25) is 0 Å². The smallest absolute Gasteiger partial charge is 0.387 e. The zero-order chi connectivity index (χ0) is 16.9. The van der Waals surface area contributed by atoms with Gasteiger partial charge in [0, 0.05) is 5.56 Å². The molecular weight excluding hydrogens is 300 g/mol. The fourth-order valence-corrected chi connectivity index (χ4v) is 1.62. The molecule has 1 aromatic rings. The van der Waals surface area contributed by atoms with Crippen LogP contribution in [0, 0.1) is 0 Å². The molecule has 122 valence electrons. The number of hydrogen-bond acceptors (Lipinski definition) is 4. The number of carbonyl (C=O) groups is 2. The zero-order valence-electron chi connectivity index (χ0n) is 12.4. The fourth-order valence-electron chi connectivity index (χ4n) is 1.62. The summed E-state index contributed by atoms with van der Waals surface area (Å²) in [5.74, 6) is -2.10. The molecule has 1 rings (SSSR count). The summed E-state index contributed by atoms with van der Waals surface area (Å²) in [4.78, 5) is 23.3. The molecule has 0 saturated carbocycles. The SMILES string of the molecule is CCC(C)(NC(=O)c1ccc(OC(F)F)c(OC)c1)C(=O)O. The molecule has 6 nitrogen and oxygen atoms in total. The maximum Gasteiger partial charge on any atom is 0.387 e. The van der Waals surface area contributed by atoms with Crippen LogP contribution in [0.25, 0.3) is 0 Å². The molecule has 2 N–H and O–H groups in total. The van der Waals surface area contributed by atoms with Gasteiger partial charge in [-0.15, -0.1) is 0 Å². The maximum absolute atomic E-state index is 12.2. The van der Waals surface area contributed by atoms with Crippen molar-refractivity contribution in [1.29, 1.82) is 0 Å². The highest BCUT2D eigenvalue weighted by Crippen LogP contribution is 2.29.